The van der Waals surface area contributed by atoms with Crippen LogP contribution in [0.1, 0.15) is 80.7 Å². The molecule has 8 nitrogen and oxygen atoms in total. The highest BCUT2D eigenvalue weighted by atomic mass is 19.3. The molecule has 2 unspecified atom stereocenters. The number of benzene rings is 1. The van der Waals surface area contributed by atoms with Crippen LogP contribution in [-0.2, 0) is 11.3 Å². The molecule has 5 heterocycles. The second kappa shape index (κ2) is 11.4. The zero-order valence-electron chi connectivity index (χ0n) is 23.5. The van der Waals surface area contributed by atoms with E-state index in [-0.39, 0.29) is 17.7 Å². The highest BCUT2D eigenvalue weighted by Crippen LogP contribution is 2.41. The predicted octanol–water partition coefficient (Wildman–Crippen LogP) is 5.73. The van der Waals surface area contributed by atoms with Gasteiger partial charge in [0, 0.05) is 48.9 Å². The van der Waals surface area contributed by atoms with E-state index in [1.807, 2.05) is 13.1 Å². The summed E-state index contributed by atoms with van der Waals surface area (Å²) in [5.41, 5.74) is 1.37. The molecule has 1 amide bonds. The van der Waals surface area contributed by atoms with Crippen LogP contribution in [0.3, 0.4) is 0 Å². The van der Waals surface area contributed by atoms with E-state index in [4.69, 9.17) is 4.98 Å². The van der Waals surface area contributed by atoms with Gasteiger partial charge >= 0.3 is 0 Å². The van der Waals surface area contributed by atoms with Gasteiger partial charge in [-0.25, -0.2) is 28.1 Å². The van der Waals surface area contributed by atoms with Crippen molar-refractivity contribution >= 4 is 17.5 Å². The molecule has 0 spiro atoms. The van der Waals surface area contributed by atoms with E-state index in [2.05, 4.69) is 36.7 Å². The van der Waals surface area contributed by atoms with E-state index >= 15 is 0 Å². The molecule has 6 rings (SSSR count). The molecule has 3 aliphatic rings. The number of likely N-dealkylation sites (tertiary alicyclic amines) is 1. The lowest BCUT2D eigenvalue weighted by molar-refractivity contribution is -0.117. The summed E-state index contributed by atoms with van der Waals surface area (Å²) in [5.74, 6) is 1.35. The number of hydrogen-bond acceptors (Lipinski definition) is 6. The number of likely N-dealkylation sites (N-methyl/N-ethyl adjacent to an activating group) is 1. The minimum atomic E-state index is -2.89. The van der Waals surface area contributed by atoms with Crippen molar-refractivity contribution in [2.45, 2.75) is 76.3 Å². The van der Waals surface area contributed by atoms with Gasteiger partial charge in [-0.1, -0.05) is 13.3 Å². The number of carbonyl (C=O) groups is 1. The fraction of sp³-hybridized carbons (Fsp3) is 0.533. The molecule has 1 aromatic carbocycles. The molecule has 0 radical (unpaired) electrons. The SMILES string of the molecule is CCC1C(=O)Nc2ncnc(N3CCC(c4nc(-c5ccc(F)c(C(F)F)c5)cn4CC4CCCCN4C)CC3)c21. The second-order valence-electron chi connectivity index (χ2n) is 11.5. The Bertz CT molecular complexity index is 1420. The largest absolute Gasteiger partial charge is 0.356 e. The molecular formula is C30H36F3N7O. The maximum atomic E-state index is 14.0. The molecule has 0 bridgehead atoms. The first kappa shape index (κ1) is 27.7. The number of nitrogens with one attached hydrogen (secondary N) is 1. The van der Waals surface area contributed by atoms with E-state index in [1.165, 1.54) is 31.3 Å². The van der Waals surface area contributed by atoms with E-state index in [0.29, 0.717) is 29.5 Å². The molecular weight excluding hydrogens is 531 g/mol. The molecule has 2 fully saturated rings. The average Bonchev–Trinajstić information content (AvgIpc) is 3.54. The summed E-state index contributed by atoms with van der Waals surface area (Å²) in [6, 6.07) is 4.23. The number of amides is 1. The van der Waals surface area contributed by atoms with Gasteiger partial charge in [0.25, 0.3) is 6.43 Å². The summed E-state index contributed by atoms with van der Waals surface area (Å²) < 4.78 is 43.2. The fourth-order valence-electron chi connectivity index (χ4n) is 6.65. The van der Waals surface area contributed by atoms with Crippen LogP contribution in [-0.4, -0.2) is 63.0 Å². The number of carbonyl (C=O) groups excluding carboxylic acids is 1. The Morgan fingerprint density at radius 1 is 1.10 bits per heavy atom. The Balaban J connectivity index is 1.28. The molecule has 41 heavy (non-hydrogen) atoms. The number of aromatic nitrogens is 4. The van der Waals surface area contributed by atoms with Gasteiger partial charge in [0.05, 0.1) is 17.2 Å². The molecule has 2 atom stereocenters. The summed E-state index contributed by atoms with van der Waals surface area (Å²) in [6.07, 6.45) is 6.38. The number of rotatable bonds is 7. The monoisotopic (exact) mass is 567 g/mol. The Morgan fingerprint density at radius 3 is 2.63 bits per heavy atom. The van der Waals surface area contributed by atoms with Crippen LogP contribution >= 0.6 is 0 Å². The Labute approximate surface area is 238 Å². The van der Waals surface area contributed by atoms with E-state index in [0.717, 1.165) is 68.7 Å². The van der Waals surface area contributed by atoms with Crippen LogP contribution in [0.25, 0.3) is 11.3 Å². The quantitative estimate of drug-likeness (QED) is 0.393. The topological polar surface area (TPSA) is 79.2 Å². The summed E-state index contributed by atoms with van der Waals surface area (Å²) in [4.78, 5) is 31.0. The van der Waals surface area contributed by atoms with E-state index < -0.39 is 17.8 Å². The number of fused-ring (bicyclic) bond motifs is 1. The van der Waals surface area contributed by atoms with Crippen LogP contribution in [0.15, 0.2) is 30.7 Å². The van der Waals surface area contributed by atoms with Gasteiger partial charge in [0.1, 0.15) is 29.6 Å². The number of piperidine rings is 2. The Hall–Kier alpha value is -3.47. The molecule has 2 saturated heterocycles. The van der Waals surface area contributed by atoms with Crippen molar-refractivity contribution in [2.24, 2.45) is 0 Å². The van der Waals surface area contributed by atoms with Crippen molar-refractivity contribution in [1.82, 2.24) is 24.4 Å². The number of nitrogens with zero attached hydrogens (tertiary/aromatic N) is 6. The number of hydrogen-bond donors (Lipinski definition) is 1. The lowest BCUT2D eigenvalue weighted by Gasteiger charge is -2.35. The lowest BCUT2D eigenvalue weighted by Crippen LogP contribution is -2.40. The lowest BCUT2D eigenvalue weighted by atomic mass is 9.94. The van der Waals surface area contributed by atoms with Crippen molar-refractivity contribution in [3.05, 3.63) is 53.5 Å². The first-order valence-electron chi connectivity index (χ1n) is 14.6. The first-order chi connectivity index (χ1) is 19.8. The molecule has 11 heteroatoms. The van der Waals surface area contributed by atoms with Gasteiger partial charge in [-0.05, 0) is 63.9 Å². The fourth-order valence-corrected chi connectivity index (χ4v) is 6.65. The normalized spacial score (nSPS) is 21.9. The van der Waals surface area contributed by atoms with E-state index in [9.17, 15) is 18.0 Å². The smallest absolute Gasteiger partial charge is 0.266 e. The third-order valence-electron chi connectivity index (χ3n) is 9.00. The van der Waals surface area contributed by atoms with Gasteiger partial charge in [-0.2, -0.15) is 0 Å². The highest BCUT2D eigenvalue weighted by Gasteiger charge is 2.36. The van der Waals surface area contributed by atoms with Crippen LogP contribution in [0.5, 0.6) is 0 Å². The van der Waals surface area contributed by atoms with E-state index in [1.54, 1.807) is 0 Å². The number of alkyl halides is 2. The Kier molecular flexibility index (Phi) is 7.72. The van der Waals surface area contributed by atoms with Crippen molar-refractivity contribution in [3.8, 4) is 11.3 Å². The van der Waals surface area contributed by atoms with Crippen molar-refractivity contribution in [1.29, 1.82) is 0 Å². The summed E-state index contributed by atoms with van der Waals surface area (Å²) >= 11 is 0. The van der Waals surface area contributed by atoms with Gasteiger partial charge in [-0.15, -0.1) is 0 Å². The van der Waals surface area contributed by atoms with Crippen LogP contribution in [0, 0.1) is 5.82 Å². The minimum absolute atomic E-state index is 0.0304. The van der Waals surface area contributed by atoms with Crippen LogP contribution in [0.2, 0.25) is 0 Å². The zero-order valence-corrected chi connectivity index (χ0v) is 23.5. The minimum Gasteiger partial charge on any atom is -0.356 e. The standard InChI is InChI=1S/C30H36F3N7O/c1-3-21-25-27(37-30(21)41)34-17-35-29(25)39-12-9-18(10-13-39)28-36-24(19-7-8-23(31)22(14-19)26(32)33)16-40(28)15-20-6-4-5-11-38(20)2/h7-8,14,16-18,20-21,26H,3-6,9-13,15H2,1-2H3,(H,34,35,37,41). The van der Waals surface area contributed by atoms with Crippen LogP contribution in [0.4, 0.5) is 24.8 Å². The summed E-state index contributed by atoms with van der Waals surface area (Å²) in [7, 11) is 2.15. The van der Waals surface area contributed by atoms with Gasteiger partial charge in [0.15, 0.2) is 0 Å². The molecule has 1 N–H and O–H groups in total. The Morgan fingerprint density at radius 2 is 1.90 bits per heavy atom. The maximum absolute atomic E-state index is 14.0. The van der Waals surface area contributed by atoms with Crippen molar-refractivity contribution in [3.63, 3.8) is 0 Å². The number of imidazole rings is 1. The van der Waals surface area contributed by atoms with Gasteiger partial charge < -0.3 is 19.7 Å². The molecule has 3 aliphatic heterocycles. The predicted molar refractivity (Wildman–Crippen MR) is 151 cm³/mol. The zero-order chi connectivity index (χ0) is 28.7. The summed E-state index contributed by atoms with van der Waals surface area (Å²) in [6.45, 7) is 5.31. The van der Waals surface area contributed by atoms with Crippen molar-refractivity contribution in [2.75, 3.05) is 36.9 Å². The third kappa shape index (κ3) is 5.31. The highest BCUT2D eigenvalue weighted by molar-refractivity contribution is 6.03. The first-order valence-corrected chi connectivity index (χ1v) is 14.6. The molecule has 3 aromatic rings. The third-order valence-corrected chi connectivity index (χ3v) is 9.00. The molecule has 218 valence electrons. The average molecular weight is 568 g/mol. The molecule has 2 aromatic heterocycles. The van der Waals surface area contributed by atoms with Gasteiger partial charge in [0.2, 0.25) is 5.91 Å². The summed E-state index contributed by atoms with van der Waals surface area (Å²) in [5, 5.41) is 2.89. The number of halogens is 3. The maximum Gasteiger partial charge on any atom is 0.266 e. The second-order valence-corrected chi connectivity index (χ2v) is 11.5. The van der Waals surface area contributed by atoms with Gasteiger partial charge in [-0.3, -0.25) is 4.79 Å². The van der Waals surface area contributed by atoms with Crippen LogP contribution < -0.4 is 10.2 Å². The molecule has 0 saturated carbocycles. The number of anilines is 2. The van der Waals surface area contributed by atoms with Crippen molar-refractivity contribution < 1.29 is 18.0 Å². The molecule has 0 aliphatic carbocycles.